The number of nitrogens with two attached hydrogens (primary N) is 1. The van der Waals surface area contributed by atoms with Crippen LogP contribution < -0.4 is 10.5 Å². The summed E-state index contributed by atoms with van der Waals surface area (Å²) < 4.78 is 7.10. The summed E-state index contributed by atoms with van der Waals surface area (Å²) in [5, 5.41) is 0. The predicted molar refractivity (Wildman–Crippen MR) is 87.5 cm³/mol. The summed E-state index contributed by atoms with van der Waals surface area (Å²) in [6.45, 7) is 6.14. The van der Waals surface area contributed by atoms with E-state index in [0.29, 0.717) is 0 Å². The van der Waals surface area contributed by atoms with Crippen LogP contribution in [0.25, 0.3) is 0 Å². The van der Waals surface area contributed by atoms with Crippen molar-refractivity contribution in [1.82, 2.24) is 0 Å². The van der Waals surface area contributed by atoms with Crippen LogP contribution in [0.4, 0.5) is 0 Å². The molecule has 0 aromatic heterocycles. The van der Waals surface area contributed by atoms with Crippen molar-refractivity contribution in [1.29, 1.82) is 0 Å². The van der Waals surface area contributed by atoms with E-state index in [2.05, 4.69) is 48.0 Å². The van der Waals surface area contributed by atoms with Crippen molar-refractivity contribution in [3.8, 4) is 11.5 Å². The smallest absolute Gasteiger partial charge is 0.131 e. The lowest BCUT2D eigenvalue weighted by Crippen LogP contribution is -2.18. The van der Waals surface area contributed by atoms with E-state index < -0.39 is 0 Å². The molecule has 0 aliphatic rings. The zero-order chi connectivity index (χ0) is 14.7. The van der Waals surface area contributed by atoms with Crippen LogP contribution in [0, 0.1) is 13.8 Å². The van der Waals surface area contributed by atoms with Gasteiger partial charge in [0, 0.05) is 10.5 Å². The maximum atomic E-state index is 6.09. The highest BCUT2D eigenvalue weighted by Gasteiger charge is 2.09. The van der Waals surface area contributed by atoms with E-state index in [-0.39, 0.29) is 6.04 Å². The summed E-state index contributed by atoms with van der Waals surface area (Å²) in [5.41, 5.74) is 9.41. The minimum atomic E-state index is 0.109. The van der Waals surface area contributed by atoms with Crippen LogP contribution in [0.15, 0.2) is 40.9 Å². The predicted octanol–water partition coefficient (Wildman–Crippen LogP) is 4.75. The summed E-state index contributed by atoms with van der Waals surface area (Å²) in [6, 6.07) is 12.4. The first-order chi connectivity index (χ1) is 9.45. The normalized spacial score (nSPS) is 12.2. The Hall–Kier alpha value is -1.32. The van der Waals surface area contributed by atoms with Crippen LogP contribution in [0.1, 0.15) is 23.6 Å². The average Bonchev–Trinajstić information content (AvgIpc) is 2.35. The summed E-state index contributed by atoms with van der Waals surface area (Å²) in [5.74, 6) is 1.75. The Labute approximate surface area is 129 Å². The van der Waals surface area contributed by atoms with Gasteiger partial charge in [-0.1, -0.05) is 39.7 Å². The molecule has 0 heterocycles. The maximum Gasteiger partial charge on any atom is 0.131 e. The minimum absolute atomic E-state index is 0.109. The second kappa shape index (κ2) is 6.42. The molecule has 2 aromatic carbocycles. The average molecular weight is 334 g/mol. The second-order valence-electron chi connectivity index (χ2n) is 5.30. The molecule has 0 fully saturated rings. The van der Waals surface area contributed by atoms with Crippen molar-refractivity contribution in [2.45, 2.75) is 33.2 Å². The van der Waals surface area contributed by atoms with Gasteiger partial charge in [-0.15, -0.1) is 0 Å². The number of ether oxygens (including phenoxy) is 1. The molecule has 0 aliphatic heterocycles. The number of aryl methyl sites for hydroxylation is 2. The van der Waals surface area contributed by atoms with Crippen LogP contribution in [-0.2, 0) is 6.42 Å². The lowest BCUT2D eigenvalue weighted by molar-refractivity contribution is 0.470. The number of hydrogen-bond donors (Lipinski definition) is 1. The van der Waals surface area contributed by atoms with Gasteiger partial charge in [-0.3, -0.25) is 0 Å². The summed E-state index contributed by atoms with van der Waals surface area (Å²) in [4.78, 5) is 0. The van der Waals surface area contributed by atoms with Gasteiger partial charge in [0.25, 0.3) is 0 Å². The van der Waals surface area contributed by atoms with Gasteiger partial charge in [0.05, 0.1) is 0 Å². The highest BCUT2D eigenvalue weighted by atomic mass is 79.9. The van der Waals surface area contributed by atoms with Gasteiger partial charge in [-0.05, 0) is 56.5 Å². The molecule has 2 aromatic rings. The largest absolute Gasteiger partial charge is 0.457 e. The molecule has 2 N–H and O–H groups in total. The Kier molecular flexibility index (Phi) is 4.84. The molecule has 0 aliphatic carbocycles. The zero-order valence-electron chi connectivity index (χ0n) is 12.1. The molecule has 106 valence electrons. The van der Waals surface area contributed by atoms with E-state index in [0.717, 1.165) is 33.5 Å². The second-order valence-corrected chi connectivity index (χ2v) is 6.22. The van der Waals surface area contributed by atoms with Gasteiger partial charge in [-0.2, -0.15) is 0 Å². The first kappa shape index (κ1) is 15.1. The zero-order valence-corrected chi connectivity index (χ0v) is 13.7. The standard InChI is InChI=1S/C17H20BrNO/c1-11-4-7-16(12(2)8-11)20-17-10-15(18)6-5-14(17)9-13(3)19/h4-8,10,13H,9,19H2,1-3H3. The lowest BCUT2D eigenvalue weighted by atomic mass is 10.1. The monoisotopic (exact) mass is 333 g/mol. The molecular weight excluding hydrogens is 314 g/mol. The Morgan fingerprint density at radius 3 is 2.50 bits per heavy atom. The summed E-state index contributed by atoms with van der Waals surface area (Å²) in [6.07, 6.45) is 0.799. The van der Waals surface area contributed by atoms with Crippen LogP contribution in [0.2, 0.25) is 0 Å². The van der Waals surface area contributed by atoms with Gasteiger partial charge in [-0.25, -0.2) is 0 Å². The van der Waals surface area contributed by atoms with Gasteiger partial charge in [0.15, 0.2) is 0 Å². The first-order valence-corrected chi connectivity index (χ1v) is 7.54. The number of benzene rings is 2. The Morgan fingerprint density at radius 1 is 1.10 bits per heavy atom. The van der Waals surface area contributed by atoms with E-state index in [9.17, 15) is 0 Å². The van der Waals surface area contributed by atoms with Crippen molar-refractivity contribution in [2.24, 2.45) is 5.73 Å². The van der Waals surface area contributed by atoms with Gasteiger partial charge >= 0.3 is 0 Å². The van der Waals surface area contributed by atoms with Crippen molar-refractivity contribution >= 4 is 15.9 Å². The highest BCUT2D eigenvalue weighted by Crippen LogP contribution is 2.31. The molecule has 2 rings (SSSR count). The third kappa shape index (κ3) is 3.84. The number of rotatable bonds is 4. The van der Waals surface area contributed by atoms with E-state index in [1.165, 1.54) is 5.56 Å². The molecule has 0 amide bonds. The Morgan fingerprint density at radius 2 is 1.85 bits per heavy atom. The van der Waals surface area contributed by atoms with Crippen LogP contribution >= 0.6 is 15.9 Å². The molecule has 2 nitrogen and oxygen atoms in total. The van der Waals surface area contributed by atoms with E-state index >= 15 is 0 Å². The van der Waals surface area contributed by atoms with Crippen LogP contribution in [0.5, 0.6) is 11.5 Å². The maximum absolute atomic E-state index is 6.09. The molecule has 3 heteroatoms. The van der Waals surface area contributed by atoms with Crippen molar-refractivity contribution < 1.29 is 4.74 Å². The summed E-state index contributed by atoms with van der Waals surface area (Å²) >= 11 is 3.49. The van der Waals surface area contributed by atoms with Crippen LogP contribution in [-0.4, -0.2) is 6.04 Å². The third-order valence-corrected chi connectivity index (χ3v) is 3.61. The van der Waals surface area contributed by atoms with Gasteiger partial charge < -0.3 is 10.5 Å². The molecule has 0 spiro atoms. The molecule has 1 unspecified atom stereocenters. The Bertz CT molecular complexity index is 608. The van der Waals surface area contributed by atoms with E-state index in [4.69, 9.17) is 10.5 Å². The molecule has 1 atom stereocenters. The number of halogens is 1. The summed E-state index contributed by atoms with van der Waals surface area (Å²) in [7, 11) is 0. The molecule has 20 heavy (non-hydrogen) atoms. The molecule has 0 bridgehead atoms. The first-order valence-electron chi connectivity index (χ1n) is 6.75. The van der Waals surface area contributed by atoms with Crippen LogP contribution in [0.3, 0.4) is 0 Å². The molecule has 0 radical (unpaired) electrons. The van der Waals surface area contributed by atoms with E-state index in [1.54, 1.807) is 0 Å². The van der Waals surface area contributed by atoms with Gasteiger partial charge in [0.2, 0.25) is 0 Å². The van der Waals surface area contributed by atoms with E-state index in [1.807, 2.05) is 25.1 Å². The molecule has 0 saturated heterocycles. The quantitative estimate of drug-likeness (QED) is 0.876. The molecule has 0 saturated carbocycles. The SMILES string of the molecule is Cc1ccc(Oc2cc(Br)ccc2CC(C)N)c(C)c1. The van der Waals surface area contributed by atoms with Crippen molar-refractivity contribution in [3.05, 3.63) is 57.6 Å². The minimum Gasteiger partial charge on any atom is -0.457 e. The fourth-order valence-electron chi connectivity index (χ4n) is 2.17. The van der Waals surface area contributed by atoms with Crippen molar-refractivity contribution in [3.63, 3.8) is 0 Å². The highest BCUT2D eigenvalue weighted by molar-refractivity contribution is 9.10. The number of hydrogen-bond acceptors (Lipinski definition) is 2. The Balaban J connectivity index is 2.34. The molecular formula is C17H20BrNO. The fraction of sp³-hybridized carbons (Fsp3) is 0.294. The van der Waals surface area contributed by atoms with Crippen molar-refractivity contribution in [2.75, 3.05) is 0 Å². The third-order valence-electron chi connectivity index (χ3n) is 3.12. The fourth-order valence-corrected chi connectivity index (χ4v) is 2.51. The lowest BCUT2D eigenvalue weighted by Gasteiger charge is -2.15. The topological polar surface area (TPSA) is 35.2 Å². The van der Waals surface area contributed by atoms with Gasteiger partial charge in [0.1, 0.15) is 11.5 Å².